The van der Waals surface area contributed by atoms with Gasteiger partial charge in [-0.05, 0) is 55.4 Å². The van der Waals surface area contributed by atoms with Gasteiger partial charge in [0.05, 0.1) is 6.04 Å². The third-order valence-electron chi connectivity index (χ3n) is 4.24. The summed E-state index contributed by atoms with van der Waals surface area (Å²) in [5, 5.41) is 2.86. The number of amides is 1. The highest BCUT2D eigenvalue weighted by molar-refractivity contribution is 5.77. The Labute approximate surface area is 155 Å². The molecule has 0 aliphatic carbocycles. The second-order valence-corrected chi connectivity index (χ2v) is 6.85. The van der Waals surface area contributed by atoms with Gasteiger partial charge in [0.25, 0.3) is 5.91 Å². The maximum absolute atomic E-state index is 13.5. The number of likely N-dealkylation sites (N-methyl/N-ethyl adjacent to an activating group) is 1. The molecule has 5 heteroatoms. The molecule has 1 unspecified atom stereocenters. The van der Waals surface area contributed by atoms with Crippen LogP contribution in [0.3, 0.4) is 0 Å². The van der Waals surface area contributed by atoms with E-state index in [0.29, 0.717) is 18.2 Å². The van der Waals surface area contributed by atoms with Gasteiger partial charge in [0, 0.05) is 6.54 Å². The van der Waals surface area contributed by atoms with Gasteiger partial charge < -0.3 is 15.0 Å². The zero-order valence-electron chi connectivity index (χ0n) is 15.8. The molecule has 0 bridgehead atoms. The lowest BCUT2D eigenvalue weighted by Gasteiger charge is -2.25. The molecule has 1 atom stereocenters. The molecular formula is C21H27FN2O2. The van der Waals surface area contributed by atoms with Crippen LogP contribution in [0, 0.1) is 5.82 Å². The highest BCUT2D eigenvalue weighted by Gasteiger charge is 2.16. The minimum absolute atomic E-state index is 0.0507. The molecule has 0 spiro atoms. The maximum Gasteiger partial charge on any atom is 0.258 e. The number of ether oxygens (including phenoxy) is 1. The van der Waals surface area contributed by atoms with Crippen molar-refractivity contribution in [3.8, 4) is 5.75 Å². The maximum atomic E-state index is 13.5. The summed E-state index contributed by atoms with van der Waals surface area (Å²) in [7, 11) is 3.80. The van der Waals surface area contributed by atoms with Gasteiger partial charge in [0.1, 0.15) is 11.6 Å². The first kappa shape index (κ1) is 19.9. The molecule has 140 valence electrons. The lowest BCUT2D eigenvalue weighted by atomic mass is 10.0. The molecule has 0 fully saturated rings. The van der Waals surface area contributed by atoms with Crippen LogP contribution in [-0.4, -0.2) is 38.1 Å². The zero-order valence-corrected chi connectivity index (χ0v) is 15.8. The highest BCUT2D eigenvalue weighted by atomic mass is 19.1. The predicted molar refractivity (Wildman–Crippen MR) is 102 cm³/mol. The van der Waals surface area contributed by atoms with Crippen molar-refractivity contribution in [3.63, 3.8) is 0 Å². The van der Waals surface area contributed by atoms with E-state index in [1.165, 1.54) is 17.7 Å². The lowest BCUT2D eigenvalue weighted by molar-refractivity contribution is -0.123. The Hall–Kier alpha value is -2.40. The van der Waals surface area contributed by atoms with E-state index in [9.17, 15) is 9.18 Å². The monoisotopic (exact) mass is 358 g/mol. The predicted octanol–water partition coefficient (Wildman–Crippen LogP) is 3.75. The molecule has 0 aliphatic rings. The number of hydrogen-bond acceptors (Lipinski definition) is 3. The average molecular weight is 358 g/mol. The number of nitrogens with zero attached hydrogens (tertiary/aromatic N) is 1. The first-order valence-corrected chi connectivity index (χ1v) is 8.78. The van der Waals surface area contributed by atoms with Crippen molar-refractivity contribution >= 4 is 5.91 Å². The van der Waals surface area contributed by atoms with E-state index in [-0.39, 0.29) is 24.4 Å². The minimum atomic E-state index is -0.283. The van der Waals surface area contributed by atoms with Crippen molar-refractivity contribution < 1.29 is 13.9 Å². The molecule has 0 heterocycles. The normalized spacial score (nSPS) is 12.3. The van der Waals surface area contributed by atoms with E-state index >= 15 is 0 Å². The van der Waals surface area contributed by atoms with Crippen LogP contribution in [0.5, 0.6) is 5.75 Å². The van der Waals surface area contributed by atoms with Crippen molar-refractivity contribution in [3.05, 3.63) is 65.5 Å². The van der Waals surface area contributed by atoms with Gasteiger partial charge in [0.15, 0.2) is 6.61 Å². The first-order chi connectivity index (χ1) is 12.4. The van der Waals surface area contributed by atoms with Gasteiger partial charge in [-0.3, -0.25) is 4.79 Å². The fourth-order valence-corrected chi connectivity index (χ4v) is 2.69. The summed E-state index contributed by atoms with van der Waals surface area (Å²) in [6.07, 6.45) is 0. The van der Waals surface area contributed by atoms with Crippen molar-refractivity contribution in [1.82, 2.24) is 10.2 Å². The van der Waals surface area contributed by atoms with E-state index in [4.69, 9.17) is 4.74 Å². The molecule has 0 aliphatic heterocycles. The molecule has 0 saturated heterocycles. The van der Waals surface area contributed by atoms with Gasteiger partial charge in [-0.25, -0.2) is 4.39 Å². The van der Waals surface area contributed by atoms with Gasteiger partial charge in [0.2, 0.25) is 0 Å². The van der Waals surface area contributed by atoms with Crippen LogP contribution in [0.1, 0.15) is 36.9 Å². The number of nitrogens with one attached hydrogen (secondary N) is 1. The van der Waals surface area contributed by atoms with E-state index < -0.39 is 0 Å². The summed E-state index contributed by atoms with van der Waals surface area (Å²) in [6.45, 7) is 4.55. The second kappa shape index (κ2) is 9.34. The number of benzene rings is 2. The quantitative estimate of drug-likeness (QED) is 0.781. The van der Waals surface area contributed by atoms with E-state index in [0.717, 1.165) is 5.56 Å². The molecular weight excluding hydrogens is 331 g/mol. The number of rotatable bonds is 8. The van der Waals surface area contributed by atoms with Crippen molar-refractivity contribution in [2.75, 3.05) is 27.2 Å². The molecule has 1 N–H and O–H groups in total. The molecule has 2 aromatic carbocycles. The summed E-state index contributed by atoms with van der Waals surface area (Å²) < 4.78 is 19.1. The second-order valence-electron chi connectivity index (χ2n) is 6.85. The standard InChI is InChI=1S/C21H27FN2O2/c1-15(2)16-7-6-10-19(12-16)26-14-21(25)23-13-20(24(3)4)17-8-5-9-18(22)11-17/h5-12,15,20H,13-14H2,1-4H3,(H,23,25). The molecule has 0 aromatic heterocycles. The molecule has 0 saturated carbocycles. The fraction of sp³-hybridized carbons (Fsp3) is 0.381. The fourth-order valence-electron chi connectivity index (χ4n) is 2.69. The number of carbonyl (C=O) groups excluding carboxylic acids is 1. The van der Waals surface area contributed by atoms with E-state index in [2.05, 4.69) is 19.2 Å². The summed E-state index contributed by atoms with van der Waals surface area (Å²) in [6, 6.07) is 14.1. The van der Waals surface area contributed by atoms with Gasteiger partial charge in [-0.1, -0.05) is 38.1 Å². The van der Waals surface area contributed by atoms with E-state index in [1.807, 2.05) is 49.3 Å². The Kier molecular flexibility index (Phi) is 7.16. The summed E-state index contributed by atoms with van der Waals surface area (Å²) in [4.78, 5) is 14.1. The Morgan fingerprint density at radius 3 is 2.46 bits per heavy atom. The number of hydrogen-bond donors (Lipinski definition) is 1. The molecule has 1 amide bonds. The summed E-state index contributed by atoms with van der Waals surface area (Å²) in [5.41, 5.74) is 1.99. The largest absolute Gasteiger partial charge is 0.484 e. The smallest absolute Gasteiger partial charge is 0.258 e. The highest BCUT2D eigenvalue weighted by Crippen LogP contribution is 2.20. The SMILES string of the molecule is CC(C)c1cccc(OCC(=O)NCC(c2cccc(F)c2)N(C)C)c1. The first-order valence-electron chi connectivity index (χ1n) is 8.78. The number of halogens is 1. The number of carbonyl (C=O) groups is 1. The van der Waals surface area contributed by atoms with Crippen LogP contribution >= 0.6 is 0 Å². The average Bonchev–Trinajstić information content (AvgIpc) is 2.60. The topological polar surface area (TPSA) is 41.6 Å². The third-order valence-corrected chi connectivity index (χ3v) is 4.24. The van der Waals surface area contributed by atoms with Crippen LogP contribution < -0.4 is 10.1 Å². The minimum Gasteiger partial charge on any atom is -0.484 e. The van der Waals surface area contributed by atoms with Gasteiger partial charge >= 0.3 is 0 Å². The van der Waals surface area contributed by atoms with Gasteiger partial charge in [-0.15, -0.1) is 0 Å². The Bertz CT molecular complexity index is 731. The van der Waals surface area contributed by atoms with Crippen molar-refractivity contribution in [2.45, 2.75) is 25.8 Å². The van der Waals surface area contributed by atoms with Crippen molar-refractivity contribution in [2.24, 2.45) is 0 Å². The third kappa shape index (κ3) is 5.85. The van der Waals surface area contributed by atoms with Crippen LogP contribution in [0.4, 0.5) is 4.39 Å². The van der Waals surface area contributed by atoms with Gasteiger partial charge in [-0.2, -0.15) is 0 Å². The zero-order chi connectivity index (χ0) is 19.1. The molecule has 4 nitrogen and oxygen atoms in total. The summed E-state index contributed by atoms with van der Waals surface area (Å²) in [5.74, 6) is 0.595. The lowest BCUT2D eigenvalue weighted by Crippen LogP contribution is -2.36. The Morgan fingerprint density at radius 1 is 1.12 bits per heavy atom. The molecule has 2 aromatic rings. The Morgan fingerprint density at radius 2 is 1.81 bits per heavy atom. The molecule has 26 heavy (non-hydrogen) atoms. The van der Waals surface area contributed by atoms with Crippen LogP contribution in [0.15, 0.2) is 48.5 Å². The van der Waals surface area contributed by atoms with Crippen LogP contribution in [0.25, 0.3) is 0 Å². The molecule has 0 radical (unpaired) electrons. The van der Waals surface area contributed by atoms with Crippen LogP contribution in [-0.2, 0) is 4.79 Å². The van der Waals surface area contributed by atoms with Crippen molar-refractivity contribution in [1.29, 1.82) is 0 Å². The van der Waals surface area contributed by atoms with E-state index in [1.54, 1.807) is 6.07 Å². The Balaban J connectivity index is 1.89. The van der Waals surface area contributed by atoms with Crippen LogP contribution in [0.2, 0.25) is 0 Å². The molecule has 2 rings (SSSR count). The summed E-state index contributed by atoms with van der Waals surface area (Å²) >= 11 is 0.